The van der Waals surface area contributed by atoms with Gasteiger partial charge in [-0.15, -0.1) is 0 Å². The zero-order valence-corrected chi connectivity index (χ0v) is 36.6. The number of Topliss-reactive ketones (excluding diaryl/α,β-unsaturated/α-hetero) is 1. The summed E-state index contributed by atoms with van der Waals surface area (Å²) >= 11 is 0. The maximum absolute atomic E-state index is 12.6. The van der Waals surface area contributed by atoms with Gasteiger partial charge in [0.25, 0.3) is 0 Å². The number of carbonyl (C=O) groups excluding carboxylic acids is 3. The van der Waals surface area contributed by atoms with E-state index in [1.807, 2.05) is 13.8 Å². The van der Waals surface area contributed by atoms with Crippen molar-refractivity contribution in [1.82, 2.24) is 10.6 Å². The van der Waals surface area contributed by atoms with Gasteiger partial charge in [0.15, 0.2) is 5.78 Å². The smallest absolute Gasteiger partial charge is 0.222 e. The number of ketones is 1. The fourth-order valence-corrected chi connectivity index (χ4v) is 4.77. The molecule has 2 amide bonds. The summed E-state index contributed by atoms with van der Waals surface area (Å²) in [4.78, 5) is 36.9. The molecule has 0 saturated carbocycles. The summed E-state index contributed by atoms with van der Waals surface area (Å²) in [5.74, 6) is 0.167. The lowest BCUT2D eigenvalue weighted by Gasteiger charge is -2.20. The van der Waals surface area contributed by atoms with Crippen LogP contribution in [0.3, 0.4) is 0 Å². The second kappa shape index (κ2) is 44.7. The zero-order valence-electron chi connectivity index (χ0n) is 36.6. The van der Waals surface area contributed by atoms with Crippen LogP contribution in [0, 0.1) is 11.8 Å². The van der Waals surface area contributed by atoms with Crippen molar-refractivity contribution in [2.75, 3.05) is 166 Å². The van der Waals surface area contributed by atoms with Crippen LogP contribution in [0.25, 0.3) is 0 Å². The Hall–Kier alpha value is -1.87. The molecular formula is C41H80N2O15. The van der Waals surface area contributed by atoms with E-state index in [2.05, 4.69) is 24.5 Å². The monoisotopic (exact) mass is 841 g/mol. The van der Waals surface area contributed by atoms with Crippen molar-refractivity contribution in [3.63, 3.8) is 0 Å². The molecule has 1 atom stereocenters. The SMILES string of the molecule is COCCOCCOCCOCCOCCOCCOCCOCCOCCOCCOCCOCCC(=O)NCCCC[C@@H](NC(=O)CCC(C)C)C(=O)C(C)C. The van der Waals surface area contributed by atoms with Gasteiger partial charge in [0.2, 0.25) is 11.8 Å². The first kappa shape index (κ1) is 56.1. The Labute approximate surface area is 348 Å². The summed E-state index contributed by atoms with van der Waals surface area (Å²) in [6.07, 6.45) is 3.50. The lowest BCUT2D eigenvalue weighted by Crippen LogP contribution is -2.42. The van der Waals surface area contributed by atoms with Crippen LogP contribution in [0.5, 0.6) is 0 Å². The molecule has 0 heterocycles. The van der Waals surface area contributed by atoms with E-state index >= 15 is 0 Å². The molecule has 0 aromatic rings. The molecule has 0 rings (SSSR count). The molecule has 0 fully saturated rings. The maximum atomic E-state index is 12.6. The summed E-state index contributed by atoms with van der Waals surface area (Å²) in [6, 6.07) is -0.477. The molecule has 0 bridgehead atoms. The van der Waals surface area contributed by atoms with E-state index < -0.39 is 6.04 Å². The highest BCUT2D eigenvalue weighted by Gasteiger charge is 2.22. The van der Waals surface area contributed by atoms with Gasteiger partial charge in [-0.2, -0.15) is 0 Å². The van der Waals surface area contributed by atoms with E-state index in [0.29, 0.717) is 177 Å². The number of unbranched alkanes of at least 4 members (excludes halogenated alkanes) is 1. The quantitative estimate of drug-likeness (QED) is 0.0852. The molecule has 17 heteroatoms. The minimum atomic E-state index is -0.477. The van der Waals surface area contributed by atoms with Crippen molar-refractivity contribution in [3.8, 4) is 0 Å². The molecule has 344 valence electrons. The maximum Gasteiger partial charge on any atom is 0.222 e. The molecule has 0 spiro atoms. The Kier molecular flexibility index (Phi) is 43.2. The first-order valence-corrected chi connectivity index (χ1v) is 21.2. The van der Waals surface area contributed by atoms with E-state index in [-0.39, 0.29) is 29.9 Å². The Bertz CT molecular complexity index is 917. The Morgan fingerprint density at radius 2 is 0.759 bits per heavy atom. The van der Waals surface area contributed by atoms with Crippen LogP contribution in [-0.2, 0) is 71.2 Å². The van der Waals surface area contributed by atoms with Gasteiger partial charge < -0.3 is 67.5 Å². The van der Waals surface area contributed by atoms with Crippen LogP contribution in [0.2, 0.25) is 0 Å². The molecular weight excluding hydrogens is 760 g/mol. The number of rotatable bonds is 47. The van der Waals surface area contributed by atoms with Gasteiger partial charge in [0, 0.05) is 32.4 Å². The van der Waals surface area contributed by atoms with E-state index in [1.165, 1.54) is 0 Å². The highest BCUT2D eigenvalue weighted by Crippen LogP contribution is 2.10. The lowest BCUT2D eigenvalue weighted by molar-refractivity contribution is -0.129. The third-order valence-corrected chi connectivity index (χ3v) is 8.06. The van der Waals surface area contributed by atoms with Crippen molar-refractivity contribution in [2.24, 2.45) is 11.8 Å². The van der Waals surface area contributed by atoms with Crippen LogP contribution in [0.15, 0.2) is 0 Å². The average molecular weight is 841 g/mol. The van der Waals surface area contributed by atoms with Gasteiger partial charge in [-0.1, -0.05) is 27.7 Å². The summed E-state index contributed by atoms with van der Waals surface area (Å²) in [7, 11) is 1.64. The highest BCUT2D eigenvalue weighted by atomic mass is 16.6. The lowest BCUT2D eigenvalue weighted by atomic mass is 9.96. The van der Waals surface area contributed by atoms with Crippen LogP contribution < -0.4 is 10.6 Å². The van der Waals surface area contributed by atoms with Crippen molar-refractivity contribution in [3.05, 3.63) is 0 Å². The fourth-order valence-electron chi connectivity index (χ4n) is 4.77. The number of hydrogen-bond acceptors (Lipinski definition) is 15. The second-order valence-electron chi connectivity index (χ2n) is 13.9. The van der Waals surface area contributed by atoms with Gasteiger partial charge in [-0.3, -0.25) is 14.4 Å². The molecule has 0 aliphatic rings. The predicted molar refractivity (Wildman–Crippen MR) is 218 cm³/mol. The Morgan fingerprint density at radius 3 is 1.09 bits per heavy atom. The first-order chi connectivity index (χ1) is 28.3. The number of ether oxygens (including phenoxy) is 12. The second-order valence-corrected chi connectivity index (χ2v) is 13.9. The third kappa shape index (κ3) is 42.3. The van der Waals surface area contributed by atoms with Crippen LogP contribution in [0.4, 0.5) is 0 Å². The largest absolute Gasteiger partial charge is 0.382 e. The predicted octanol–water partition coefficient (Wildman–Crippen LogP) is 2.64. The minimum absolute atomic E-state index is 0.0458. The molecule has 0 aliphatic carbocycles. The summed E-state index contributed by atoms with van der Waals surface area (Å²) in [5, 5.41) is 5.79. The molecule has 0 unspecified atom stereocenters. The first-order valence-electron chi connectivity index (χ1n) is 21.2. The number of amides is 2. The van der Waals surface area contributed by atoms with Gasteiger partial charge in [-0.25, -0.2) is 0 Å². The molecule has 2 N–H and O–H groups in total. The number of nitrogens with one attached hydrogen (secondary N) is 2. The fraction of sp³-hybridized carbons (Fsp3) is 0.927. The molecule has 0 aromatic carbocycles. The molecule has 0 aliphatic heterocycles. The standard InChI is InChI=1S/C41H80N2O15/c1-36(2)9-10-40(45)43-38(41(46)37(3)4)8-6-7-12-42-39(44)11-13-48-16-17-50-20-21-52-24-25-54-28-29-56-32-33-58-35-34-57-31-30-55-27-26-53-23-22-51-19-18-49-15-14-47-5/h36-38H,6-35H2,1-5H3,(H,42,44)(H,43,45)/t38-/m1/s1. The van der Waals surface area contributed by atoms with Crippen LogP contribution in [-0.4, -0.2) is 189 Å². The van der Waals surface area contributed by atoms with Gasteiger partial charge in [0.1, 0.15) is 0 Å². The zero-order chi connectivity index (χ0) is 42.6. The van der Waals surface area contributed by atoms with Crippen molar-refractivity contribution in [1.29, 1.82) is 0 Å². The molecule has 17 nitrogen and oxygen atoms in total. The normalized spacial score (nSPS) is 12.1. The van der Waals surface area contributed by atoms with Crippen LogP contribution in [0.1, 0.15) is 66.2 Å². The number of carbonyl (C=O) groups is 3. The molecule has 58 heavy (non-hydrogen) atoms. The van der Waals surface area contributed by atoms with E-state index in [0.717, 1.165) is 19.3 Å². The third-order valence-electron chi connectivity index (χ3n) is 8.06. The topological polar surface area (TPSA) is 186 Å². The van der Waals surface area contributed by atoms with E-state index in [1.54, 1.807) is 7.11 Å². The Balaban J connectivity index is 3.36. The van der Waals surface area contributed by atoms with Gasteiger partial charge in [0.05, 0.1) is 158 Å². The van der Waals surface area contributed by atoms with Crippen LogP contribution >= 0.6 is 0 Å². The van der Waals surface area contributed by atoms with Gasteiger partial charge in [-0.05, 0) is 31.6 Å². The van der Waals surface area contributed by atoms with Crippen molar-refractivity contribution < 1.29 is 71.2 Å². The number of methoxy groups -OCH3 is 1. The summed E-state index contributed by atoms with van der Waals surface area (Å²) in [5.41, 5.74) is 0. The average Bonchev–Trinajstić information content (AvgIpc) is 3.20. The summed E-state index contributed by atoms with van der Waals surface area (Å²) < 4.78 is 64.9. The number of hydrogen-bond donors (Lipinski definition) is 2. The van der Waals surface area contributed by atoms with Gasteiger partial charge >= 0.3 is 0 Å². The summed E-state index contributed by atoms with van der Waals surface area (Å²) in [6.45, 7) is 19.5. The molecule has 0 radical (unpaired) electrons. The Morgan fingerprint density at radius 1 is 0.414 bits per heavy atom. The minimum Gasteiger partial charge on any atom is -0.382 e. The van der Waals surface area contributed by atoms with E-state index in [9.17, 15) is 14.4 Å². The van der Waals surface area contributed by atoms with Crippen molar-refractivity contribution >= 4 is 17.6 Å². The molecule has 0 saturated heterocycles. The van der Waals surface area contributed by atoms with Crippen molar-refractivity contribution in [2.45, 2.75) is 72.3 Å². The highest BCUT2D eigenvalue weighted by molar-refractivity contribution is 5.90. The molecule has 0 aromatic heterocycles. The van der Waals surface area contributed by atoms with E-state index in [4.69, 9.17) is 56.8 Å².